The number of nitrogens with zero attached hydrogens (tertiary/aromatic N) is 2. The molecule has 16 heavy (non-hydrogen) atoms. The summed E-state index contributed by atoms with van der Waals surface area (Å²) in [5, 5.41) is 0. The van der Waals surface area contributed by atoms with Gasteiger partial charge in [-0.1, -0.05) is 6.07 Å². The van der Waals surface area contributed by atoms with E-state index in [-0.39, 0.29) is 12.4 Å². The van der Waals surface area contributed by atoms with Crippen molar-refractivity contribution in [1.82, 2.24) is 9.88 Å². The number of rotatable bonds is 1. The summed E-state index contributed by atoms with van der Waals surface area (Å²) >= 11 is 0. The zero-order chi connectivity index (χ0) is 10.3. The maximum absolute atomic E-state index is 4.45. The maximum Gasteiger partial charge on any atom is 0.0476 e. The first-order chi connectivity index (χ1) is 7.31. The van der Waals surface area contributed by atoms with Crippen molar-refractivity contribution in [3.05, 3.63) is 29.6 Å². The van der Waals surface area contributed by atoms with E-state index in [1.807, 2.05) is 0 Å². The van der Waals surface area contributed by atoms with E-state index in [4.69, 9.17) is 0 Å². The van der Waals surface area contributed by atoms with Gasteiger partial charge in [-0.3, -0.25) is 9.88 Å². The highest BCUT2D eigenvalue weighted by atomic mass is 35.5. The summed E-state index contributed by atoms with van der Waals surface area (Å²) in [5.41, 5.74) is 2.93. The fourth-order valence-corrected chi connectivity index (χ4v) is 3.32. The van der Waals surface area contributed by atoms with Crippen LogP contribution >= 0.6 is 12.4 Å². The Morgan fingerprint density at radius 2 is 1.88 bits per heavy atom. The predicted octanol–water partition coefficient (Wildman–Crippen LogP) is 2.90. The number of pyridine rings is 1. The van der Waals surface area contributed by atoms with E-state index in [1.54, 1.807) is 0 Å². The molecule has 3 rings (SSSR count). The number of aromatic nitrogens is 1. The van der Waals surface area contributed by atoms with Crippen LogP contribution in [0.4, 0.5) is 0 Å². The van der Waals surface area contributed by atoms with E-state index in [1.165, 1.54) is 44.3 Å². The highest BCUT2D eigenvalue weighted by Crippen LogP contribution is 2.46. The Morgan fingerprint density at radius 3 is 2.44 bits per heavy atom. The molecule has 1 aromatic rings. The van der Waals surface area contributed by atoms with E-state index in [0.29, 0.717) is 5.54 Å². The molecular formula is C13H19ClN2. The normalized spacial score (nSPS) is 22.8. The highest BCUT2D eigenvalue weighted by molar-refractivity contribution is 5.85. The molecule has 0 bridgehead atoms. The molecule has 2 fully saturated rings. The molecule has 0 atom stereocenters. The van der Waals surface area contributed by atoms with Crippen LogP contribution < -0.4 is 0 Å². The SMILES string of the molecule is Cc1ccc(C23CCCN2CCC3)cn1.Cl. The zero-order valence-corrected chi connectivity index (χ0v) is 10.6. The lowest BCUT2D eigenvalue weighted by Gasteiger charge is -2.32. The molecule has 0 spiro atoms. The van der Waals surface area contributed by atoms with Crippen LogP contribution in [-0.2, 0) is 5.54 Å². The minimum absolute atomic E-state index is 0. The van der Waals surface area contributed by atoms with Gasteiger partial charge in [0.15, 0.2) is 0 Å². The zero-order valence-electron chi connectivity index (χ0n) is 9.78. The Labute approximate surface area is 103 Å². The second-order valence-corrected chi connectivity index (χ2v) is 4.91. The average Bonchev–Trinajstić information content (AvgIpc) is 2.77. The third kappa shape index (κ3) is 1.64. The number of hydrogen-bond acceptors (Lipinski definition) is 2. The van der Waals surface area contributed by atoms with E-state index in [2.05, 4.69) is 35.1 Å². The van der Waals surface area contributed by atoms with Crippen LogP contribution in [0.15, 0.2) is 18.3 Å². The Hall–Kier alpha value is -0.600. The van der Waals surface area contributed by atoms with E-state index in [0.717, 1.165) is 5.69 Å². The lowest BCUT2D eigenvalue weighted by atomic mass is 9.87. The summed E-state index contributed by atoms with van der Waals surface area (Å²) < 4.78 is 0. The molecule has 0 aliphatic carbocycles. The standard InChI is InChI=1S/C13H18N2.ClH/c1-11-4-5-12(10-14-11)13-6-2-8-15(13)9-3-7-13;/h4-5,10H,2-3,6-9H2,1H3;1H. The van der Waals surface area contributed by atoms with Crippen molar-refractivity contribution in [2.24, 2.45) is 0 Å². The van der Waals surface area contributed by atoms with Gasteiger partial charge < -0.3 is 0 Å². The molecule has 0 radical (unpaired) electrons. The first-order valence-corrected chi connectivity index (χ1v) is 5.99. The molecular weight excluding hydrogens is 220 g/mol. The second-order valence-electron chi connectivity index (χ2n) is 4.91. The van der Waals surface area contributed by atoms with Gasteiger partial charge in [0.25, 0.3) is 0 Å². The predicted molar refractivity (Wildman–Crippen MR) is 67.9 cm³/mol. The van der Waals surface area contributed by atoms with Crippen molar-refractivity contribution in [2.75, 3.05) is 13.1 Å². The molecule has 1 aromatic heterocycles. The first kappa shape index (κ1) is 11.9. The van der Waals surface area contributed by atoms with Crippen LogP contribution in [-0.4, -0.2) is 23.0 Å². The van der Waals surface area contributed by atoms with Crippen molar-refractivity contribution in [2.45, 2.75) is 38.1 Å². The molecule has 0 N–H and O–H groups in total. The Kier molecular flexibility index (Phi) is 3.22. The van der Waals surface area contributed by atoms with Crippen molar-refractivity contribution in [1.29, 1.82) is 0 Å². The lowest BCUT2D eigenvalue weighted by Crippen LogP contribution is -2.35. The average molecular weight is 239 g/mol. The fraction of sp³-hybridized carbons (Fsp3) is 0.615. The summed E-state index contributed by atoms with van der Waals surface area (Å²) in [4.78, 5) is 7.12. The summed E-state index contributed by atoms with van der Waals surface area (Å²) in [6, 6.07) is 4.44. The largest absolute Gasteiger partial charge is 0.294 e. The number of fused-ring (bicyclic) bond motifs is 1. The first-order valence-electron chi connectivity index (χ1n) is 5.99. The lowest BCUT2D eigenvalue weighted by molar-refractivity contribution is 0.197. The van der Waals surface area contributed by atoms with Gasteiger partial charge in [0.2, 0.25) is 0 Å². The molecule has 88 valence electrons. The van der Waals surface area contributed by atoms with Gasteiger partial charge in [-0.05, 0) is 57.3 Å². The van der Waals surface area contributed by atoms with Gasteiger partial charge in [0.05, 0.1) is 0 Å². The third-order valence-corrected chi connectivity index (χ3v) is 4.09. The summed E-state index contributed by atoms with van der Waals surface area (Å²) in [6.45, 7) is 4.63. The van der Waals surface area contributed by atoms with Crippen LogP contribution in [0.3, 0.4) is 0 Å². The summed E-state index contributed by atoms with van der Waals surface area (Å²) in [6.07, 6.45) is 7.47. The minimum Gasteiger partial charge on any atom is -0.294 e. The van der Waals surface area contributed by atoms with E-state index in [9.17, 15) is 0 Å². The molecule has 2 aliphatic rings. The van der Waals surface area contributed by atoms with Crippen molar-refractivity contribution in [3.63, 3.8) is 0 Å². The molecule has 0 amide bonds. The third-order valence-electron chi connectivity index (χ3n) is 4.09. The molecule has 0 unspecified atom stereocenters. The Bertz CT molecular complexity index is 351. The Morgan fingerprint density at radius 1 is 1.19 bits per heavy atom. The molecule has 3 heterocycles. The van der Waals surface area contributed by atoms with Gasteiger partial charge in [-0.15, -0.1) is 12.4 Å². The van der Waals surface area contributed by atoms with Crippen LogP contribution in [0.5, 0.6) is 0 Å². The summed E-state index contributed by atoms with van der Waals surface area (Å²) in [5.74, 6) is 0. The monoisotopic (exact) mass is 238 g/mol. The molecule has 0 saturated carbocycles. The van der Waals surface area contributed by atoms with Crippen LogP contribution in [0.2, 0.25) is 0 Å². The highest BCUT2D eigenvalue weighted by Gasteiger charge is 2.45. The van der Waals surface area contributed by atoms with E-state index >= 15 is 0 Å². The minimum atomic E-state index is 0. The topological polar surface area (TPSA) is 16.1 Å². The van der Waals surface area contributed by atoms with Crippen LogP contribution in [0.1, 0.15) is 36.9 Å². The van der Waals surface area contributed by atoms with Crippen molar-refractivity contribution >= 4 is 12.4 Å². The quantitative estimate of drug-likeness (QED) is 0.748. The molecule has 2 aliphatic heterocycles. The fourth-order valence-electron chi connectivity index (χ4n) is 3.32. The second kappa shape index (κ2) is 4.34. The number of aryl methyl sites for hydroxylation is 1. The Balaban J connectivity index is 0.000000963. The van der Waals surface area contributed by atoms with Gasteiger partial charge in [0, 0.05) is 17.4 Å². The maximum atomic E-state index is 4.45. The van der Waals surface area contributed by atoms with Crippen molar-refractivity contribution in [3.8, 4) is 0 Å². The molecule has 2 nitrogen and oxygen atoms in total. The molecule has 2 saturated heterocycles. The van der Waals surface area contributed by atoms with Gasteiger partial charge in [0.1, 0.15) is 0 Å². The smallest absolute Gasteiger partial charge is 0.0476 e. The number of halogens is 1. The van der Waals surface area contributed by atoms with Gasteiger partial charge in [-0.2, -0.15) is 0 Å². The molecule has 0 aromatic carbocycles. The molecule has 3 heteroatoms. The van der Waals surface area contributed by atoms with Gasteiger partial charge in [-0.25, -0.2) is 0 Å². The summed E-state index contributed by atoms with van der Waals surface area (Å²) in [7, 11) is 0. The number of hydrogen-bond donors (Lipinski definition) is 0. The van der Waals surface area contributed by atoms with Crippen LogP contribution in [0.25, 0.3) is 0 Å². The van der Waals surface area contributed by atoms with Gasteiger partial charge >= 0.3 is 0 Å². The van der Waals surface area contributed by atoms with Crippen molar-refractivity contribution < 1.29 is 0 Å². The van der Waals surface area contributed by atoms with E-state index < -0.39 is 0 Å². The van der Waals surface area contributed by atoms with Crippen LogP contribution in [0, 0.1) is 6.92 Å².